The van der Waals surface area contributed by atoms with Gasteiger partial charge in [0.2, 0.25) is 0 Å². The molecule has 19 heavy (non-hydrogen) atoms. The van der Waals surface area contributed by atoms with E-state index in [4.69, 9.17) is 5.73 Å². The Morgan fingerprint density at radius 2 is 1.89 bits per heavy atom. The molecule has 0 fully saturated rings. The Hall–Kier alpha value is -1.04. The smallest absolute Gasteiger partial charge is 0.136 e. The lowest BCUT2D eigenvalue weighted by atomic mass is 9.97. The van der Waals surface area contributed by atoms with E-state index in [0.717, 1.165) is 21.5 Å². The third-order valence-electron chi connectivity index (χ3n) is 3.22. The van der Waals surface area contributed by atoms with Gasteiger partial charge in [0, 0.05) is 0 Å². The Morgan fingerprint density at radius 1 is 1.26 bits per heavy atom. The van der Waals surface area contributed by atoms with E-state index in [1.165, 1.54) is 5.56 Å². The minimum absolute atomic E-state index is 0.211. The second-order valence-corrected chi connectivity index (χ2v) is 6.36. The Morgan fingerprint density at radius 3 is 2.37 bits per heavy atom. The van der Waals surface area contributed by atoms with Gasteiger partial charge in [-0.25, -0.2) is 4.68 Å². The molecule has 0 radical (unpaired) electrons. The summed E-state index contributed by atoms with van der Waals surface area (Å²) in [7, 11) is 0. The molecule has 4 heteroatoms. The molecule has 2 rings (SSSR count). The molecular weight excluding hydrogens is 349 g/mol. The molecule has 0 saturated heterocycles. The summed E-state index contributed by atoms with van der Waals surface area (Å²) in [4.78, 5) is 0. The average molecular weight is 369 g/mol. The van der Waals surface area contributed by atoms with Gasteiger partial charge in [-0.3, -0.25) is 0 Å². The summed E-state index contributed by atoms with van der Waals surface area (Å²) in [5, 5.41) is 4.62. The van der Waals surface area contributed by atoms with Crippen LogP contribution in [0.25, 0.3) is 0 Å². The molecule has 1 unspecified atom stereocenters. The third kappa shape index (κ3) is 3.11. The number of benzene rings is 1. The number of aryl methyl sites for hydroxylation is 1. The fourth-order valence-electron chi connectivity index (χ4n) is 2.28. The van der Waals surface area contributed by atoms with E-state index in [2.05, 4.69) is 65.8 Å². The highest BCUT2D eigenvalue weighted by atomic mass is 127. The first-order chi connectivity index (χ1) is 9.00. The molecule has 0 spiro atoms. The molecule has 0 saturated carbocycles. The maximum absolute atomic E-state index is 6.21. The van der Waals surface area contributed by atoms with Gasteiger partial charge in [-0.05, 0) is 47.4 Å². The molecule has 2 aromatic rings. The number of aromatic nitrogens is 2. The Labute approximate surface area is 128 Å². The molecule has 0 aliphatic carbocycles. The van der Waals surface area contributed by atoms with E-state index in [0.29, 0.717) is 5.92 Å². The second kappa shape index (κ2) is 5.94. The van der Waals surface area contributed by atoms with Crippen LogP contribution in [0.4, 0.5) is 5.82 Å². The lowest BCUT2D eigenvalue weighted by Crippen LogP contribution is -2.17. The topological polar surface area (TPSA) is 43.8 Å². The van der Waals surface area contributed by atoms with Crippen LogP contribution < -0.4 is 5.73 Å². The Kier molecular flexibility index (Phi) is 4.50. The van der Waals surface area contributed by atoms with Gasteiger partial charge in [0.1, 0.15) is 5.82 Å². The monoisotopic (exact) mass is 369 g/mol. The first-order valence-corrected chi connectivity index (χ1v) is 7.63. The maximum Gasteiger partial charge on any atom is 0.136 e. The maximum atomic E-state index is 6.21. The van der Waals surface area contributed by atoms with Crippen molar-refractivity contribution in [3.8, 4) is 0 Å². The van der Waals surface area contributed by atoms with Crippen molar-refractivity contribution in [3.05, 3.63) is 45.2 Å². The summed E-state index contributed by atoms with van der Waals surface area (Å²) in [6.07, 6.45) is 1.03. The first-order valence-electron chi connectivity index (χ1n) is 6.55. The quantitative estimate of drug-likeness (QED) is 0.828. The number of nitrogens with zero attached hydrogens (tertiary/aromatic N) is 2. The summed E-state index contributed by atoms with van der Waals surface area (Å²) in [5.74, 6) is 1.36. The van der Waals surface area contributed by atoms with Crippen molar-refractivity contribution in [2.24, 2.45) is 5.92 Å². The zero-order valence-electron chi connectivity index (χ0n) is 11.6. The van der Waals surface area contributed by atoms with E-state index < -0.39 is 0 Å². The fraction of sp³-hybridized carbons (Fsp3) is 0.400. The number of hydrogen-bond donors (Lipinski definition) is 1. The number of nitrogen functional groups attached to an aromatic ring is 1. The van der Waals surface area contributed by atoms with E-state index in [1.54, 1.807) is 0 Å². The van der Waals surface area contributed by atoms with Crippen molar-refractivity contribution in [3.63, 3.8) is 0 Å². The third-order valence-corrected chi connectivity index (χ3v) is 4.55. The molecule has 0 aliphatic rings. The summed E-state index contributed by atoms with van der Waals surface area (Å²) in [6, 6.07) is 10.7. The second-order valence-electron chi connectivity index (χ2n) is 5.29. The van der Waals surface area contributed by atoms with Crippen LogP contribution in [-0.4, -0.2) is 9.78 Å². The minimum Gasteiger partial charge on any atom is -0.383 e. The number of anilines is 1. The summed E-state index contributed by atoms with van der Waals surface area (Å²) < 4.78 is 3.04. The minimum atomic E-state index is 0.211. The van der Waals surface area contributed by atoms with Crippen LogP contribution in [0.2, 0.25) is 0 Å². The summed E-state index contributed by atoms with van der Waals surface area (Å²) >= 11 is 2.27. The van der Waals surface area contributed by atoms with E-state index >= 15 is 0 Å². The predicted octanol–water partition coefficient (Wildman–Crippen LogP) is 4.01. The number of rotatable bonds is 4. The Bertz CT molecular complexity index is 546. The van der Waals surface area contributed by atoms with Crippen LogP contribution in [0.15, 0.2) is 30.3 Å². The van der Waals surface area contributed by atoms with Crippen molar-refractivity contribution in [1.29, 1.82) is 0 Å². The molecule has 1 heterocycles. The summed E-state index contributed by atoms with van der Waals surface area (Å²) in [6.45, 7) is 6.47. The van der Waals surface area contributed by atoms with Gasteiger partial charge in [0.05, 0.1) is 15.3 Å². The molecule has 0 bridgehead atoms. The molecule has 3 nitrogen and oxygen atoms in total. The molecule has 0 aliphatic heterocycles. The van der Waals surface area contributed by atoms with Crippen molar-refractivity contribution < 1.29 is 0 Å². The molecule has 2 N–H and O–H groups in total. The van der Waals surface area contributed by atoms with Crippen molar-refractivity contribution in [1.82, 2.24) is 9.78 Å². The summed E-state index contributed by atoms with van der Waals surface area (Å²) in [5.41, 5.74) is 8.48. The van der Waals surface area contributed by atoms with Gasteiger partial charge < -0.3 is 5.73 Å². The van der Waals surface area contributed by atoms with Crippen molar-refractivity contribution >= 4 is 28.4 Å². The highest BCUT2D eigenvalue weighted by Gasteiger charge is 2.21. The molecule has 1 aromatic carbocycles. The predicted molar refractivity (Wildman–Crippen MR) is 88.1 cm³/mol. The van der Waals surface area contributed by atoms with E-state index in [-0.39, 0.29) is 6.04 Å². The zero-order chi connectivity index (χ0) is 14.0. The number of halogens is 1. The van der Waals surface area contributed by atoms with Crippen LogP contribution in [-0.2, 0) is 0 Å². The number of hydrogen-bond acceptors (Lipinski definition) is 2. The van der Waals surface area contributed by atoms with Gasteiger partial charge in [-0.1, -0.05) is 44.2 Å². The van der Waals surface area contributed by atoms with E-state index in [9.17, 15) is 0 Å². The highest BCUT2D eigenvalue weighted by Crippen LogP contribution is 2.30. The van der Waals surface area contributed by atoms with Crippen molar-refractivity contribution in [2.75, 3.05) is 5.73 Å². The first kappa shape index (κ1) is 14.4. The average Bonchev–Trinajstić information content (AvgIpc) is 2.64. The highest BCUT2D eigenvalue weighted by molar-refractivity contribution is 14.1. The van der Waals surface area contributed by atoms with Crippen molar-refractivity contribution in [2.45, 2.75) is 33.2 Å². The number of nitrogens with two attached hydrogens (primary N) is 1. The van der Waals surface area contributed by atoms with E-state index in [1.807, 2.05) is 17.7 Å². The molecular formula is C15H20IN3. The SMILES string of the molecule is Cc1nn(C(CC(C)C)c2ccccc2)c(N)c1I. The van der Waals surface area contributed by atoms with Crippen LogP contribution >= 0.6 is 22.6 Å². The fourth-order valence-corrected chi connectivity index (χ4v) is 2.64. The molecule has 1 aromatic heterocycles. The standard InChI is InChI=1S/C15H20IN3/c1-10(2)9-13(12-7-5-4-6-8-12)19-15(17)14(16)11(3)18-19/h4-8,10,13H,9,17H2,1-3H3. The van der Waals surface area contributed by atoms with Gasteiger partial charge >= 0.3 is 0 Å². The molecule has 102 valence electrons. The normalized spacial score (nSPS) is 12.9. The molecule has 0 amide bonds. The Balaban J connectivity index is 2.46. The lowest BCUT2D eigenvalue weighted by molar-refractivity contribution is 0.424. The van der Waals surface area contributed by atoms with Crippen LogP contribution in [0.5, 0.6) is 0 Å². The van der Waals surface area contributed by atoms with Gasteiger partial charge in [-0.15, -0.1) is 0 Å². The molecule has 1 atom stereocenters. The lowest BCUT2D eigenvalue weighted by Gasteiger charge is -2.21. The largest absolute Gasteiger partial charge is 0.383 e. The van der Waals surface area contributed by atoms with Crippen LogP contribution in [0.3, 0.4) is 0 Å². The van der Waals surface area contributed by atoms with Crippen LogP contribution in [0, 0.1) is 16.4 Å². The van der Waals surface area contributed by atoms with Gasteiger partial charge in [-0.2, -0.15) is 5.10 Å². The van der Waals surface area contributed by atoms with Gasteiger partial charge in [0.25, 0.3) is 0 Å². The zero-order valence-corrected chi connectivity index (χ0v) is 13.8. The van der Waals surface area contributed by atoms with Crippen LogP contribution in [0.1, 0.15) is 37.6 Å². The van der Waals surface area contributed by atoms with Gasteiger partial charge in [0.15, 0.2) is 0 Å².